The van der Waals surface area contributed by atoms with Gasteiger partial charge in [-0.3, -0.25) is 0 Å². The maximum atomic E-state index is 6.31. The lowest BCUT2D eigenvalue weighted by Crippen LogP contribution is -2.45. The molecule has 2 nitrogen and oxygen atoms in total. The van der Waals surface area contributed by atoms with Crippen molar-refractivity contribution in [3.63, 3.8) is 0 Å². The third-order valence-electron chi connectivity index (χ3n) is 4.28. The minimum Gasteiger partial charge on any atom is -0.370 e. The fraction of sp³-hybridized carbons (Fsp3) is 1.00. The van der Waals surface area contributed by atoms with Crippen molar-refractivity contribution in [2.75, 3.05) is 6.54 Å². The van der Waals surface area contributed by atoms with E-state index in [4.69, 9.17) is 10.5 Å². The highest BCUT2D eigenvalue weighted by molar-refractivity contribution is 4.89. The van der Waals surface area contributed by atoms with Crippen LogP contribution < -0.4 is 5.73 Å². The minimum absolute atomic E-state index is 0.0432. The summed E-state index contributed by atoms with van der Waals surface area (Å²) in [4.78, 5) is 0. The van der Waals surface area contributed by atoms with Gasteiger partial charge < -0.3 is 10.5 Å². The van der Waals surface area contributed by atoms with Crippen molar-refractivity contribution in [3.8, 4) is 0 Å². The van der Waals surface area contributed by atoms with Crippen molar-refractivity contribution < 1.29 is 4.74 Å². The molecule has 88 valence electrons. The summed E-state index contributed by atoms with van der Waals surface area (Å²) in [6.45, 7) is 3.06. The van der Waals surface area contributed by atoms with Gasteiger partial charge in [-0.15, -0.1) is 0 Å². The highest BCUT2D eigenvalue weighted by atomic mass is 16.5. The maximum absolute atomic E-state index is 6.31. The van der Waals surface area contributed by atoms with Gasteiger partial charge in [-0.1, -0.05) is 19.8 Å². The van der Waals surface area contributed by atoms with Crippen LogP contribution in [-0.4, -0.2) is 18.2 Å². The summed E-state index contributed by atoms with van der Waals surface area (Å²) < 4.78 is 6.31. The summed E-state index contributed by atoms with van der Waals surface area (Å²) >= 11 is 0. The molecule has 0 saturated heterocycles. The SMILES string of the molecule is CC1CCC(CN)(OC2CCCC2)CC1. The van der Waals surface area contributed by atoms with Crippen LogP contribution in [0.15, 0.2) is 0 Å². The molecular formula is C13H25NO. The van der Waals surface area contributed by atoms with E-state index in [0.29, 0.717) is 6.10 Å². The zero-order valence-corrected chi connectivity index (χ0v) is 10.0. The van der Waals surface area contributed by atoms with E-state index in [1.165, 1.54) is 51.4 Å². The fourth-order valence-corrected chi connectivity index (χ4v) is 3.02. The van der Waals surface area contributed by atoms with Crippen LogP contribution in [-0.2, 0) is 4.74 Å². The fourth-order valence-electron chi connectivity index (χ4n) is 3.02. The number of rotatable bonds is 3. The molecule has 0 radical (unpaired) electrons. The molecule has 2 N–H and O–H groups in total. The number of hydrogen-bond donors (Lipinski definition) is 1. The summed E-state index contributed by atoms with van der Waals surface area (Å²) in [5.74, 6) is 0.872. The van der Waals surface area contributed by atoms with Crippen LogP contribution in [0.2, 0.25) is 0 Å². The largest absolute Gasteiger partial charge is 0.370 e. The quantitative estimate of drug-likeness (QED) is 0.779. The summed E-state index contributed by atoms with van der Waals surface area (Å²) in [5, 5.41) is 0. The predicted molar refractivity (Wildman–Crippen MR) is 62.8 cm³/mol. The van der Waals surface area contributed by atoms with Crippen molar-refractivity contribution >= 4 is 0 Å². The maximum Gasteiger partial charge on any atom is 0.0808 e. The molecule has 0 bridgehead atoms. The molecule has 0 aromatic heterocycles. The molecule has 0 heterocycles. The van der Waals surface area contributed by atoms with Crippen molar-refractivity contribution in [2.45, 2.75) is 70.0 Å². The van der Waals surface area contributed by atoms with Crippen molar-refractivity contribution in [3.05, 3.63) is 0 Å². The Labute approximate surface area is 93.6 Å². The molecular weight excluding hydrogens is 186 g/mol. The van der Waals surface area contributed by atoms with Crippen LogP contribution in [0.25, 0.3) is 0 Å². The van der Waals surface area contributed by atoms with E-state index in [1.807, 2.05) is 0 Å². The Balaban J connectivity index is 1.89. The zero-order chi connectivity index (χ0) is 10.7. The molecule has 0 aliphatic heterocycles. The van der Waals surface area contributed by atoms with E-state index >= 15 is 0 Å². The topological polar surface area (TPSA) is 35.2 Å². The van der Waals surface area contributed by atoms with Crippen LogP contribution in [0.4, 0.5) is 0 Å². The number of hydrogen-bond acceptors (Lipinski definition) is 2. The van der Waals surface area contributed by atoms with Gasteiger partial charge in [0.05, 0.1) is 11.7 Å². The van der Waals surface area contributed by atoms with E-state index < -0.39 is 0 Å². The van der Waals surface area contributed by atoms with Crippen LogP contribution in [0.5, 0.6) is 0 Å². The average molecular weight is 211 g/mol. The molecule has 0 atom stereocenters. The lowest BCUT2D eigenvalue weighted by molar-refractivity contribution is -0.110. The van der Waals surface area contributed by atoms with Crippen LogP contribution in [0.1, 0.15) is 58.3 Å². The molecule has 2 aliphatic carbocycles. The molecule has 0 spiro atoms. The van der Waals surface area contributed by atoms with Gasteiger partial charge in [0.15, 0.2) is 0 Å². The first-order chi connectivity index (χ1) is 7.24. The Morgan fingerprint density at radius 3 is 2.27 bits per heavy atom. The van der Waals surface area contributed by atoms with Crippen LogP contribution in [0, 0.1) is 5.92 Å². The second kappa shape index (κ2) is 4.84. The Hall–Kier alpha value is -0.0800. The minimum atomic E-state index is 0.0432. The zero-order valence-electron chi connectivity index (χ0n) is 10.0. The molecule has 15 heavy (non-hydrogen) atoms. The molecule has 2 heteroatoms. The summed E-state index contributed by atoms with van der Waals surface area (Å²) in [7, 11) is 0. The Morgan fingerprint density at radius 2 is 1.73 bits per heavy atom. The first-order valence-corrected chi connectivity index (χ1v) is 6.62. The molecule has 0 unspecified atom stereocenters. The molecule has 2 fully saturated rings. The smallest absolute Gasteiger partial charge is 0.0808 e. The summed E-state index contributed by atoms with van der Waals surface area (Å²) in [6.07, 6.45) is 10.7. The molecule has 0 aromatic carbocycles. The highest BCUT2D eigenvalue weighted by Crippen LogP contribution is 2.37. The second-order valence-corrected chi connectivity index (χ2v) is 5.59. The highest BCUT2D eigenvalue weighted by Gasteiger charge is 2.36. The Kier molecular flexibility index (Phi) is 3.68. The third-order valence-corrected chi connectivity index (χ3v) is 4.28. The van der Waals surface area contributed by atoms with Gasteiger partial charge in [-0.2, -0.15) is 0 Å². The lowest BCUT2D eigenvalue weighted by Gasteiger charge is -2.40. The van der Waals surface area contributed by atoms with Gasteiger partial charge >= 0.3 is 0 Å². The Morgan fingerprint density at radius 1 is 1.13 bits per heavy atom. The standard InChI is InChI=1S/C13H25NO/c1-11-6-8-13(10-14,9-7-11)15-12-4-2-3-5-12/h11-12H,2-10,14H2,1H3. The van der Waals surface area contributed by atoms with Gasteiger partial charge in [0.2, 0.25) is 0 Å². The van der Waals surface area contributed by atoms with E-state index in [0.717, 1.165) is 12.5 Å². The second-order valence-electron chi connectivity index (χ2n) is 5.59. The van der Waals surface area contributed by atoms with Crippen LogP contribution in [0.3, 0.4) is 0 Å². The Bertz CT molecular complexity index is 191. The van der Waals surface area contributed by atoms with E-state index in [2.05, 4.69) is 6.92 Å². The number of ether oxygens (including phenoxy) is 1. The van der Waals surface area contributed by atoms with Crippen LogP contribution >= 0.6 is 0 Å². The third kappa shape index (κ3) is 2.73. The molecule has 0 amide bonds. The molecule has 2 rings (SSSR count). The van der Waals surface area contributed by atoms with Gasteiger partial charge in [-0.05, 0) is 44.4 Å². The average Bonchev–Trinajstić information content (AvgIpc) is 2.75. The normalized spacial score (nSPS) is 38.4. The van der Waals surface area contributed by atoms with Gasteiger partial charge in [0.1, 0.15) is 0 Å². The van der Waals surface area contributed by atoms with Gasteiger partial charge in [-0.25, -0.2) is 0 Å². The van der Waals surface area contributed by atoms with Gasteiger partial charge in [0.25, 0.3) is 0 Å². The number of nitrogens with two attached hydrogens (primary N) is 1. The van der Waals surface area contributed by atoms with Crippen molar-refractivity contribution in [1.82, 2.24) is 0 Å². The molecule has 0 aromatic rings. The first-order valence-electron chi connectivity index (χ1n) is 6.62. The van der Waals surface area contributed by atoms with E-state index in [1.54, 1.807) is 0 Å². The van der Waals surface area contributed by atoms with E-state index in [9.17, 15) is 0 Å². The van der Waals surface area contributed by atoms with Crippen molar-refractivity contribution in [1.29, 1.82) is 0 Å². The summed E-state index contributed by atoms with van der Waals surface area (Å²) in [6, 6.07) is 0. The van der Waals surface area contributed by atoms with E-state index in [-0.39, 0.29) is 5.60 Å². The lowest BCUT2D eigenvalue weighted by atomic mass is 9.79. The summed E-state index contributed by atoms with van der Waals surface area (Å²) in [5.41, 5.74) is 5.98. The monoisotopic (exact) mass is 211 g/mol. The van der Waals surface area contributed by atoms with Crippen molar-refractivity contribution in [2.24, 2.45) is 11.7 Å². The predicted octanol–water partition coefficient (Wildman–Crippen LogP) is 2.85. The first kappa shape index (κ1) is 11.4. The molecule has 2 saturated carbocycles. The van der Waals surface area contributed by atoms with Gasteiger partial charge in [0, 0.05) is 6.54 Å². The molecule has 2 aliphatic rings.